The first-order valence-electron chi connectivity index (χ1n) is 14.3. The van der Waals surface area contributed by atoms with Gasteiger partial charge in [-0.2, -0.15) is 10.4 Å². The Morgan fingerprint density at radius 1 is 1.14 bits per heavy atom. The summed E-state index contributed by atoms with van der Waals surface area (Å²) in [5.41, 5.74) is 5.58. The number of benzene rings is 1. The van der Waals surface area contributed by atoms with Gasteiger partial charge in [-0.25, -0.2) is 19.4 Å². The number of aliphatic hydroxyl groups excluding tert-OH is 1. The van der Waals surface area contributed by atoms with Gasteiger partial charge in [0.2, 0.25) is 0 Å². The Hall–Kier alpha value is -4.21. The number of likely N-dealkylation sites (tertiary alicyclic amines) is 2. The number of aliphatic hydroxyl groups is 1. The van der Waals surface area contributed by atoms with Gasteiger partial charge < -0.3 is 24.7 Å². The highest BCUT2D eigenvalue weighted by atomic mass is 32.1. The molecule has 0 saturated carbocycles. The molecule has 0 atom stereocenters. The number of β-amino-alcohol motifs (C(OH)–C–C–N with tert-alkyl or cyclic N) is 1. The van der Waals surface area contributed by atoms with Gasteiger partial charge in [0, 0.05) is 50.7 Å². The van der Waals surface area contributed by atoms with Crippen molar-refractivity contribution in [1.82, 2.24) is 29.5 Å². The van der Waals surface area contributed by atoms with Crippen LogP contribution in [0.3, 0.4) is 0 Å². The van der Waals surface area contributed by atoms with Crippen molar-refractivity contribution in [2.45, 2.75) is 33.4 Å². The van der Waals surface area contributed by atoms with E-state index < -0.39 is 0 Å². The Labute approximate surface area is 248 Å². The average molecular weight is 584 g/mol. The summed E-state index contributed by atoms with van der Waals surface area (Å²) in [6, 6.07) is 12.6. The summed E-state index contributed by atoms with van der Waals surface area (Å²) in [6.07, 6.45) is -0.381. The number of urea groups is 1. The molecule has 1 spiro atoms. The fourth-order valence-corrected chi connectivity index (χ4v) is 7.24. The molecular formula is C30H33N9O2S. The van der Waals surface area contributed by atoms with Gasteiger partial charge in [0.1, 0.15) is 22.5 Å². The van der Waals surface area contributed by atoms with Crippen molar-refractivity contribution in [3.8, 4) is 17.3 Å². The summed E-state index contributed by atoms with van der Waals surface area (Å²) in [5.74, 6) is 0.891. The van der Waals surface area contributed by atoms with E-state index in [2.05, 4.69) is 24.0 Å². The second-order valence-corrected chi connectivity index (χ2v) is 12.8. The zero-order valence-corrected chi connectivity index (χ0v) is 25.0. The number of anilines is 3. The third kappa shape index (κ3) is 4.18. The standard InChI is InChI=1S/C30H33N9O2S/c1-5-39-27(35(4)28-33-25(24(11-31)42-28)20-8-6-18(2)7-9-20)22-10-23(19(3)32-26(22)34-39)37-14-30(15-37)16-38(17-30)29(41)36-12-21(40)13-36/h6-10,21,40H,5,12-17H2,1-4H3. The van der Waals surface area contributed by atoms with Gasteiger partial charge in [0.25, 0.3) is 0 Å². The zero-order valence-electron chi connectivity index (χ0n) is 24.2. The van der Waals surface area contributed by atoms with Crippen LogP contribution in [0.25, 0.3) is 22.3 Å². The first-order chi connectivity index (χ1) is 20.2. The summed E-state index contributed by atoms with van der Waals surface area (Å²) in [7, 11) is 1.97. The minimum Gasteiger partial charge on any atom is -0.389 e. The van der Waals surface area contributed by atoms with Crippen LogP contribution in [0.4, 0.5) is 21.4 Å². The van der Waals surface area contributed by atoms with Gasteiger partial charge in [-0.1, -0.05) is 41.2 Å². The van der Waals surface area contributed by atoms with Gasteiger partial charge in [0.15, 0.2) is 10.8 Å². The number of aryl methyl sites for hydroxylation is 3. The van der Waals surface area contributed by atoms with Crippen LogP contribution in [0.1, 0.15) is 23.1 Å². The lowest BCUT2D eigenvalue weighted by Crippen LogP contribution is -2.75. The van der Waals surface area contributed by atoms with E-state index in [9.17, 15) is 15.2 Å². The molecule has 11 nitrogen and oxygen atoms in total. The van der Waals surface area contributed by atoms with E-state index >= 15 is 0 Å². The van der Waals surface area contributed by atoms with Crippen molar-refractivity contribution >= 4 is 45.0 Å². The number of thiazole rings is 1. The maximum Gasteiger partial charge on any atom is 0.320 e. The molecule has 216 valence electrons. The molecule has 0 unspecified atom stereocenters. The van der Waals surface area contributed by atoms with E-state index in [4.69, 9.17) is 15.1 Å². The first kappa shape index (κ1) is 26.7. The summed E-state index contributed by atoms with van der Waals surface area (Å²) < 4.78 is 1.94. The lowest BCUT2D eigenvalue weighted by atomic mass is 9.72. The Balaban J connectivity index is 1.15. The Morgan fingerprint density at radius 3 is 2.50 bits per heavy atom. The van der Waals surface area contributed by atoms with Gasteiger partial charge in [-0.15, -0.1) is 0 Å². The number of hydrogen-bond acceptors (Lipinski definition) is 9. The molecule has 0 radical (unpaired) electrons. The van der Waals surface area contributed by atoms with Gasteiger partial charge in [-0.05, 0) is 26.8 Å². The van der Waals surface area contributed by atoms with Crippen molar-refractivity contribution < 1.29 is 9.90 Å². The number of rotatable bonds is 5. The minimum absolute atomic E-state index is 0.0376. The largest absolute Gasteiger partial charge is 0.389 e. The monoisotopic (exact) mass is 583 g/mol. The fraction of sp³-hybridized carbons (Fsp3) is 0.433. The van der Waals surface area contributed by atoms with Crippen molar-refractivity contribution in [2.75, 3.05) is 56.1 Å². The summed E-state index contributed by atoms with van der Waals surface area (Å²) in [4.78, 5) is 30.9. The molecule has 3 aromatic heterocycles. The molecule has 2 amide bonds. The lowest BCUT2D eigenvalue weighted by molar-refractivity contribution is -0.0329. The molecule has 42 heavy (non-hydrogen) atoms. The smallest absolute Gasteiger partial charge is 0.320 e. The number of fused-ring (bicyclic) bond motifs is 1. The molecule has 3 saturated heterocycles. The van der Waals surface area contributed by atoms with Crippen LogP contribution < -0.4 is 9.80 Å². The Kier molecular flexibility index (Phi) is 6.14. The number of hydrogen-bond donors (Lipinski definition) is 1. The molecule has 3 aliphatic rings. The highest BCUT2D eigenvalue weighted by Gasteiger charge is 2.54. The molecule has 1 aromatic carbocycles. The molecule has 4 aromatic rings. The van der Waals surface area contributed by atoms with Crippen molar-refractivity contribution in [3.05, 3.63) is 46.5 Å². The number of pyridine rings is 1. The SMILES string of the molecule is CCn1nc2nc(C)c(N3CC4(CN(C(=O)N5CC(O)C5)C4)C3)cc2c1N(C)c1nc(-c2ccc(C)cc2)c(C#N)s1. The van der Waals surface area contributed by atoms with E-state index in [1.54, 1.807) is 4.90 Å². The highest BCUT2D eigenvalue weighted by Crippen LogP contribution is 2.45. The van der Waals surface area contributed by atoms with Crippen molar-refractivity contribution in [1.29, 1.82) is 5.26 Å². The van der Waals surface area contributed by atoms with Gasteiger partial charge in [-0.3, -0.25) is 0 Å². The number of carbonyl (C=O) groups excluding carboxylic acids is 1. The average Bonchev–Trinajstić information content (AvgIpc) is 3.51. The number of aromatic nitrogens is 4. The maximum absolute atomic E-state index is 12.6. The fourth-order valence-electron chi connectivity index (χ4n) is 6.39. The predicted molar refractivity (Wildman–Crippen MR) is 162 cm³/mol. The maximum atomic E-state index is 12.6. The Bertz CT molecular complexity index is 1730. The summed E-state index contributed by atoms with van der Waals surface area (Å²) in [6.45, 7) is 10.9. The normalized spacial score (nSPS) is 17.7. The molecule has 1 N–H and O–H groups in total. The van der Waals surface area contributed by atoms with Gasteiger partial charge >= 0.3 is 6.03 Å². The number of nitriles is 1. The third-order valence-corrected chi connectivity index (χ3v) is 9.70. The molecule has 3 aliphatic heterocycles. The molecule has 3 fully saturated rings. The quantitative estimate of drug-likeness (QED) is 0.378. The first-order valence-corrected chi connectivity index (χ1v) is 15.1. The van der Waals surface area contributed by atoms with Crippen LogP contribution in [0, 0.1) is 30.6 Å². The second-order valence-electron chi connectivity index (χ2n) is 11.9. The van der Waals surface area contributed by atoms with E-state index in [0.717, 1.165) is 65.0 Å². The van der Waals surface area contributed by atoms with E-state index in [1.807, 2.05) is 59.6 Å². The molecule has 7 rings (SSSR count). The van der Waals surface area contributed by atoms with Crippen molar-refractivity contribution in [2.24, 2.45) is 5.41 Å². The number of nitrogens with zero attached hydrogens (tertiary/aromatic N) is 9. The topological polar surface area (TPSA) is 118 Å². The van der Waals surface area contributed by atoms with Crippen LogP contribution in [0.2, 0.25) is 0 Å². The van der Waals surface area contributed by atoms with Crippen LogP contribution >= 0.6 is 11.3 Å². The van der Waals surface area contributed by atoms with E-state index in [0.29, 0.717) is 35.9 Å². The van der Waals surface area contributed by atoms with E-state index in [-0.39, 0.29) is 17.6 Å². The Morgan fingerprint density at radius 2 is 1.86 bits per heavy atom. The second kappa shape index (κ2) is 9.68. The van der Waals surface area contributed by atoms with Crippen LogP contribution in [0.5, 0.6) is 0 Å². The van der Waals surface area contributed by atoms with E-state index in [1.165, 1.54) is 11.3 Å². The number of amides is 2. The molecule has 12 heteroatoms. The predicted octanol–water partition coefficient (Wildman–Crippen LogP) is 3.75. The summed E-state index contributed by atoms with van der Waals surface area (Å²) >= 11 is 1.37. The zero-order chi connectivity index (χ0) is 29.3. The third-order valence-electron chi connectivity index (χ3n) is 8.66. The van der Waals surface area contributed by atoms with Crippen molar-refractivity contribution in [3.63, 3.8) is 0 Å². The van der Waals surface area contributed by atoms with Crippen LogP contribution in [-0.4, -0.2) is 93.1 Å². The molecule has 0 aliphatic carbocycles. The lowest BCUT2D eigenvalue weighted by Gasteiger charge is -2.61. The summed E-state index contributed by atoms with van der Waals surface area (Å²) in [5, 5.41) is 25.9. The molecular weight excluding hydrogens is 550 g/mol. The molecule has 6 heterocycles. The molecule has 0 bridgehead atoms. The highest BCUT2D eigenvalue weighted by molar-refractivity contribution is 7.16. The number of carbonyl (C=O) groups is 1. The van der Waals surface area contributed by atoms with Crippen LogP contribution in [0.15, 0.2) is 30.3 Å². The van der Waals surface area contributed by atoms with Crippen LogP contribution in [-0.2, 0) is 6.54 Å². The van der Waals surface area contributed by atoms with Gasteiger partial charge in [0.05, 0.1) is 36.0 Å². The minimum atomic E-state index is -0.381.